The van der Waals surface area contributed by atoms with Crippen LogP contribution in [0, 0.1) is 5.92 Å². The van der Waals surface area contributed by atoms with Gasteiger partial charge in [-0.15, -0.1) is 0 Å². The zero-order valence-corrected chi connectivity index (χ0v) is 9.63. The number of carbonyl (C=O) groups excluding carboxylic acids is 1. The highest BCUT2D eigenvalue weighted by atomic mass is 16.4. The number of hydrogen-bond acceptors (Lipinski definition) is 2. The molecule has 3 nitrogen and oxygen atoms in total. The number of carboxylic acid groups (broad SMARTS) is 1. The van der Waals surface area contributed by atoms with Crippen molar-refractivity contribution >= 4 is 11.8 Å². The summed E-state index contributed by atoms with van der Waals surface area (Å²) in [4.78, 5) is 22.4. The number of carbonyl (C=O) groups is 2. The van der Waals surface area contributed by atoms with Crippen LogP contribution in [0.3, 0.4) is 0 Å². The highest BCUT2D eigenvalue weighted by molar-refractivity contribution is 5.80. The van der Waals surface area contributed by atoms with Gasteiger partial charge in [0.15, 0.2) is 0 Å². The Morgan fingerprint density at radius 1 is 1.29 bits per heavy atom. The molecule has 1 aromatic carbocycles. The molecule has 3 heteroatoms. The molecule has 0 saturated heterocycles. The summed E-state index contributed by atoms with van der Waals surface area (Å²) in [6.07, 6.45) is 1.88. The summed E-state index contributed by atoms with van der Waals surface area (Å²) in [6.45, 7) is 0. The number of aliphatic carboxylic acids is 1. The Morgan fingerprint density at radius 3 is 2.65 bits per heavy atom. The summed E-state index contributed by atoms with van der Waals surface area (Å²) in [5.41, 5.74) is 1.09. The van der Waals surface area contributed by atoms with Crippen molar-refractivity contribution in [2.24, 2.45) is 5.92 Å². The molecule has 0 radical (unpaired) electrons. The van der Waals surface area contributed by atoms with Gasteiger partial charge in [0.1, 0.15) is 5.78 Å². The van der Waals surface area contributed by atoms with Crippen molar-refractivity contribution in [3.63, 3.8) is 0 Å². The molecule has 0 unspecified atom stereocenters. The van der Waals surface area contributed by atoms with Crippen LogP contribution in [0.15, 0.2) is 30.3 Å². The molecule has 1 aliphatic rings. The third kappa shape index (κ3) is 2.93. The Labute approximate surface area is 100 Å². The maximum atomic E-state index is 11.5. The Hall–Kier alpha value is -1.64. The molecule has 1 aromatic rings. The molecule has 1 aliphatic carbocycles. The maximum absolute atomic E-state index is 11.5. The SMILES string of the molecule is O=C(O)C[C@@H]1CCC(=O)C[C@H]1c1ccccc1. The first-order valence-electron chi connectivity index (χ1n) is 5.95. The second-order valence-electron chi connectivity index (χ2n) is 4.66. The van der Waals surface area contributed by atoms with E-state index in [0.717, 1.165) is 5.56 Å². The highest BCUT2D eigenvalue weighted by Crippen LogP contribution is 2.38. The average molecular weight is 232 g/mol. The second kappa shape index (κ2) is 5.13. The molecular formula is C14H16O3. The molecule has 0 aromatic heterocycles. The van der Waals surface area contributed by atoms with Crippen LogP contribution < -0.4 is 0 Å². The molecule has 0 spiro atoms. The lowest BCUT2D eigenvalue weighted by Crippen LogP contribution is -2.25. The van der Waals surface area contributed by atoms with E-state index in [9.17, 15) is 9.59 Å². The predicted octanol–water partition coefficient (Wildman–Crippen LogP) is 2.61. The van der Waals surface area contributed by atoms with E-state index in [4.69, 9.17) is 5.11 Å². The van der Waals surface area contributed by atoms with Gasteiger partial charge in [-0.1, -0.05) is 30.3 Å². The molecule has 0 bridgehead atoms. The van der Waals surface area contributed by atoms with Gasteiger partial charge in [0.25, 0.3) is 0 Å². The number of hydrogen-bond donors (Lipinski definition) is 1. The lowest BCUT2D eigenvalue weighted by atomic mass is 9.73. The molecule has 0 amide bonds. The molecule has 0 heterocycles. The fourth-order valence-electron chi connectivity index (χ4n) is 2.62. The quantitative estimate of drug-likeness (QED) is 0.871. The minimum Gasteiger partial charge on any atom is -0.481 e. The fraction of sp³-hybridized carbons (Fsp3) is 0.429. The predicted molar refractivity (Wildman–Crippen MR) is 63.8 cm³/mol. The number of rotatable bonds is 3. The van der Waals surface area contributed by atoms with Crippen LogP contribution in [0.2, 0.25) is 0 Å². The smallest absolute Gasteiger partial charge is 0.303 e. The molecule has 1 saturated carbocycles. The molecule has 1 N–H and O–H groups in total. The van der Waals surface area contributed by atoms with Crippen LogP contribution in [0.4, 0.5) is 0 Å². The summed E-state index contributed by atoms with van der Waals surface area (Å²) >= 11 is 0. The van der Waals surface area contributed by atoms with Gasteiger partial charge < -0.3 is 5.11 Å². The van der Waals surface area contributed by atoms with E-state index < -0.39 is 5.97 Å². The number of carboxylic acids is 1. The minimum atomic E-state index is -0.773. The van der Waals surface area contributed by atoms with Crippen LogP contribution in [0.5, 0.6) is 0 Å². The average Bonchev–Trinajstić information content (AvgIpc) is 2.32. The van der Waals surface area contributed by atoms with E-state index in [1.54, 1.807) is 0 Å². The van der Waals surface area contributed by atoms with Gasteiger partial charge >= 0.3 is 5.97 Å². The lowest BCUT2D eigenvalue weighted by Gasteiger charge is -2.30. The number of Topliss-reactive ketones (excluding diaryl/α,β-unsaturated/α-hetero) is 1. The molecule has 2 atom stereocenters. The zero-order valence-electron chi connectivity index (χ0n) is 9.63. The molecule has 1 fully saturated rings. The van der Waals surface area contributed by atoms with Crippen molar-refractivity contribution in [3.8, 4) is 0 Å². The third-order valence-corrected chi connectivity index (χ3v) is 3.48. The zero-order chi connectivity index (χ0) is 12.3. The van der Waals surface area contributed by atoms with Crippen molar-refractivity contribution in [1.29, 1.82) is 0 Å². The topological polar surface area (TPSA) is 54.4 Å². The number of ketones is 1. The molecule has 0 aliphatic heterocycles. The summed E-state index contributed by atoms with van der Waals surface area (Å²) in [5.74, 6) is -0.355. The monoisotopic (exact) mass is 232 g/mol. The van der Waals surface area contributed by atoms with Crippen molar-refractivity contribution in [2.75, 3.05) is 0 Å². The number of benzene rings is 1. The minimum absolute atomic E-state index is 0.0774. The van der Waals surface area contributed by atoms with E-state index in [-0.39, 0.29) is 24.0 Å². The standard InChI is InChI=1S/C14H16O3/c15-12-7-6-11(8-14(16)17)13(9-12)10-4-2-1-3-5-10/h1-5,11,13H,6-9H2,(H,16,17)/t11-,13-/m0/s1. The van der Waals surface area contributed by atoms with E-state index in [1.165, 1.54) is 0 Å². The maximum Gasteiger partial charge on any atom is 0.303 e. The Kier molecular flexibility index (Phi) is 3.57. The lowest BCUT2D eigenvalue weighted by molar-refractivity contribution is -0.139. The van der Waals surface area contributed by atoms with Crippen LogP contribution in [0.1, 0.15) is 37.2 Å². The van der Waals surface area contributed by atoms with Gasteiger partial charge in [-0.2, -0.15) is 0 Å². The molecule has 17 heavy (non-hydrogen) atoms. The first-order chi connectivity index (χ1) is 8.16. The van der Waals surface area contributed by atoms with Crippen molar-refractivity contribution in [3.05, 3.63) is 35.9 Å². The van der Waals surface area contributed by atoms with Gasteiger partial charge in [0, 0.05) is 19.3 Å². The summed E-state index contributed by atoms with van der Waals surface area (Å²) in [5, 5.41) is 8.91. The van der Waals surface area contributed by atoms with Gasteiger partial charge in [0.05, 0.1) is 0 Å². The first kappa shape index (κ1) is 11.8. The summed E-state index contributed by atoms with van der Waals surface area (Å²) < 4.78 is 0. The van der Waals surface area contributed by atoms with Crippen LogP contribution in [0.25, 0.3) is 0 Å². The largest absolute Gasteiger partial charge is 0.481 e. The molecule has 90 valence electrons. The van der Waals surface area contributed by atoms with Gasteiger partial charge in [-0.3, -0.25) is 9.59 Å². The van der Waals surface area contributed by atoms with Crippen molar-refractivity contribution < 1.29 is 14.7 Å². The van der Waals surface area contributed by atoms with Gasteiger partial charge in [0.2, 0.25) is 0 Å². The Balaban J connectivity index is 2.19. The summed E-state index contributed by atoms with van der Waals surface area (Å²) in [6, 6.07) is 9.77. The van der Waals surface area contributed by atoms with Gasteiger partial charge in [-0.05, 0) is 23.8 Å². The second-order valence-corrected chi connectivity index (χ2v) is 4.66. The van der Waals surface area contributed by atoms with Gasteiger partial charge in [-0.25, -0.2) is 0 Å². The third-order valence-electron chi connectivity index (χ3n) is 3.48. The van der Waals surface area contributed by atoms with Crippen molar-refractivity contribution in [2.45, 2.75) is 31.6 Å². The van der Waals surface area contributed by atoms with E-state index >= 15 is 0 Å². The first-order valence-corrected chi connectivity index (χ1v) is 5.95. The fourth-order valence-corrected chi connectivity index (χ4v) is 2.62. The Bertz CT molecular complexity index is 411. The summed E-state index contributed by atoms with van der Waals surface area (Å²) in [7, 11) is 0. The normalized spacial score (nSPS) is 24.6. The molecular weight excluding hydrogens is 216 g/mol. The van der Waals surface area contributed by atoms with Crippen molar-refractivity contribution in [1.82, 2.24) is 0 Å². The van der Waals surface area contributed by atoms with E-state index in [0.29, 0.717) is 19.3 Å². The van der Waals surface area contributed by atoms with E-state index in [1.807, 2.05) is 30.3 Å². The Morgan fingerprint density at radius 2 is 2.00 bits per heavy atom. The molecule has 2 rings (SSSR count). The van der Waals surface area contributed by atoms with Crippen LogP contribution >= 0.6 is 0 Å². The van der Waals surface area contributed by atoms with Crippen LogP contribution in [-0.2, 0) is 9.59 Å². The van der Waals surface area contributed by atoms with Crippen LogP contribution in [-0.4, -0.2) is 16.9 Å². The van der Waals surface area contributed by atoms with E-state index in [2.05, 4.69) is 0 Å². The highest BCUT2D eigenvalue weighted by Gasteiger charge is 2.31.